The average Bonchev–Trinajstić information content (AvgIpc) is 2.18. The van der Waals surface area contributed by atoms with Gasteiger partial charge in [-0.1, -0.05) is 36.4 Å². The molecule has 0 bridgehead atoms. The monoisotopic (exact) mass is 290 g/mol. The van der Waals surface area contributed by atoms with Crippen LogP contribution < -0.4 is 0 Å². The van der Waals surface area contributed by atoms with Crippen LogP contribution >= 0.6 is 0 Å². The van der Waals surface area contributed by atoms with Crippen molar-refractivity contribution in [1.82, 2.24) is 0 Å². The Hall–Kier alpha value is 0.01000. The Bertz CT molecular complexity index is 306. The van der Waals surface area contributed by atoms with Crippen LogP contribution in [-0.2, 0) is 15.1 Å². The Kier molecular flexibility index (Phi) is 19.4. The van der Waals surface area contributed by atoms with Crippen molar-refractivity contribution in [3.05, 3.63) is 36.4 Å². The van der Waals surface area contributed by atoms with Crippen molar-refractivity contribution in [1.29, 1.82) is 0 Å². The van der Waals surface area contributed by atoms with Gasteiger partial charge in [0.2, 0.25) is 0 Å². The maximum absolute atomic E-state index is 8.74. The van der Waals surface area contributed by atoms with Gasteiger partial charge in [0.05, 0.1) is 0 Å². The summed E-state index contributed by atoms with van der Waals surface area (Å²) in [7, 11) is -4.67. The number of hydrogen-bond acceptors (Lipinski definition) is 3. The smallest absolute Gasteiger partial charge is 0.394 e. The van der Waals surface area contributed by atoms with Gasteiger partial charge in [-0.25, -0.2) is 0 Å². The minimum atomic E-state index is -4.67. The van der Waals surface area contributed by atoms with Crippen molar-refractivity contribution in [2.75, 3.05) is 6.61 Å². The van der Waals surface area contributed by atoms with Gasteiger partial charge in [0.1, 0.15) is 0 Å². The van der Waals surface area contributed by atoms with Gasteiger partial charge >= 0.3 is 66.9 Å². The van der Waals surface area contributed by atoms with Crippen molar-refractivity contribution in [3.8, 4) is 0 Å². The third kappa shape index (κ3) is 44.4. The summed E-state index contributed by atoms with van der Waals surface area (Å²) in [6.45, 7) is 4.98. The Balaban J connectivity index is -0.000000184. The fraction of sp³-hybridized carbons (Fsp3) is 0.400. The van der Waals surface area contributed by atoms with Crippen LogP contribution in [0.4, 0.5) is 0 Å². The molecule has 0 aliphatic rings. The van der Waals surface area contributed by atoms with Crippen LogP contribution in [0.3, 0.4) is 0 Å². The molecule has 0 fully saturated rings. The fourth-order valence-corrected chi connectivity index (χ4v) is 1.05. The Morgan fingerprint density at radius 2 is 1.33 bits per heavy atom. The van der Waals surface area contributed by atoms with Crippen LogP contribution in [0.2, 0.25) is 0 Å². The fourth-order valence-electron chi connectivity index (χ4n) is 0.718. The second kappa shape index (κ2) is 15.1. The number of ether oxygens (including phenoxy) is 1. The molecule has 4 N–H and O–H groups in total. The summed E-state index contributed by atoms with van der Waals surface area (Å²) in [6, 6.07) is 12.0. The predicted molar refractivity (Wildman–Crippen MR) is 71.1 cm³/mol. The van der Waals surface area contributed by atoms with Crippen LogP contribution in [0.25, 0.3) is 0 Å². The Labute approximate surface area is 126 Å². The normalized spacial score (nSPS) is 10.8. The minimum Gasteiger partial charge on any atom is -0.412 e. The molecule has 18 heavy (non-hydrogen) atoms. The molecule has 0 heterocycles. The van der Waals surface area contributed by atoms with Crippen LogP contribution in [0.1, 0.15) is 13.8 Å². The number of rotatable bonds is 2. The maximum atomic E-state index is 8.74. The molecule has 0 aromatic heterocycles. The van der Waals surface area contributed by atoms with Gasteiger partial charge in [-0.05, 0) is 0 Å². The first-order chi connectivity index (χ1) is 7.77. The van der Waals surface area contributed by atoms with Gasteiger partial charge in [0.15, 0.2) is 0 Å². The first-order valence-electron chi connectivity index (χ1n) is 5.08. The molecule has 8 heteroatoms. The molecule has 0 saturated carbocycles. The van der Waals surface area contributed by atoms with Gasteiger partial charge < -0.3 is 5.48 Å². The van der Waals surface area contributed by atoms with E-state index in [1.54, 1.807) is 0 Å². The largest absolute Gasteiger partial charge is 0.412 e. The topological polar surface area (TPSA) is 115 Å². The predicted octanol–water partition coefficient (Wildman–Crippen LogP) is 0.746. The van der Waals surface area contributed by atoms with Gasteiger partial charge in [0, 0.05) is 0 Å². The zero-order chi connectivity index (χ0) is 13.7. The van der Waals surface area contributed by atoms with Crippen molar-refractivity contribution in [2.24, 2.45) is 0 Å². The molecule has 1 rings (SSSR count). The molecule has 0 amide bonds. The molecule has 1 aromatic carbocycles. The van der Waals surface area contributed by atoms with E-state index < -0.39 is 10.4 Å². The van der Waals surface area contributed by atoms with E-state index in [0.29, 0.717) is 3.35 Å². The zero-order valence-electron chi connectivity index (χ0n) is 10.8. The molecule has 0 aliphatic heterocycles. The quantitative estimate of drug-likeness (QED) is 0.616. The average molecular weight is 290 g/mol. The van der Waals surface area contributed by atoms with E-state index in [-0.39, 0.29) is 5.48 Å². The van der Waals surface area contributed by atoms with E-state index in [0.717, 1.165) is 34.5 Å². The molecule has 6 nitrogen and oxygen atoms in total. The Morgan fingerprint density at radius 3 is 1.39 bits per heavy atom. The SMILES string of the molecule is CCO[CH](C)[Na].O.O=S(=O)(O)O.c1ccccc1. The van der Waals surface area contributed by atoms with E-state index >= 15 is 0 Å². The molecule has 0 aliphatic carbocycles. The van der Waals surface area contributed by atoms with Crippen molar-refractivity contribution in [3.63, 3.8) is 0 Å². The van der Waals surface area contributed by atoms with Crippen molar-refractivity contribution < 1.29 is 27.7 Å². The maximum Gasteiger partial charge on any atom is 0.394 e. The van der Waals surface area contributed by atoms with Crippen molar-refractivity contribution >= 4 is 38.3 Å². The molecule has 1 atom stereocenters. The summed E-state index contributed by atoms with van der Waals surface area (Å²) in [6.07, 6.45) is 0. The summed E-state index contributed by atoms with van der Waals surface area (Å²) in [5, 5.41) is 0. The summed E-state index contributed by atoms with van der Waals surface area (Å²) >= 11 is 1.16. The minimum absolute atomic E-state index is 0. The van der Waals surface area contributed by atoms with Gasteiger partial charge in [0.25, 0.3) is 0 Å². The molecule has 0 saturated heterocycles. The molecule has 0 radical (unpaired) electrons. The van der Waals surface area contributed by atoms with E-state index in [1.165, 1.54) is 0 Å². The van der Waals surface area contributed by atoms with Crippen LogP contribution in [-0.4, -0.2) is 60.9 Å². The first kappa shape index (κ1) is 23.1. The standard InChI is InChI=1S/C6H6.C4H9O.Na.H2O4S.H2O/c1-2-4-6-5-3-1;1-3-5-4-2;;1-5(2,3)4;/h1-6H;3H,4H2,1-2H3;;(H2,1,2,3,4);1H2. The van der Waals surface area contributed by atoms with E-state index in [4.69, 9.17) is 22.3 Å². The van der Waals surface area contributed by atoms with Gasteiger partial charge in [-0.3, -0.25) is 9.11 Å². The van der Waals surface area contributed by atoms with E-state index in [1.807, 2.05) is 43.3 Å². The molecule has 0 spiro atoms. The molecular formula is C10H19NaO6S. The number of benzene rings is 1. The molecule has 1 aromatic rings. The second-order valence-corrected chi connectivity index (χ2v) is 5.63. The third-order valence-corrected chi connectivity index (χ3v) is 1.50. The molecular weight excluding hydrogens is 271 g/mol. The van der Waals surface area contributed by atoms with E-state index in [2.05, 4.69) is 6.92 Å². The third-order valence-electron chi connectivity index (χ3n) is 1.17. The first-order valence-corrected chi connectivity index (χ1v) is 7.64. The van der Waals surface area contributed by atoms with E-state index in [9.17, 15) is 0 Å². The van der Waals surface area contributed by atoms with Crippen LogP contribution in [0.5, 0.6) is 0 Å². The van der Waals surface area contributed by atoms with Gasteiger partial charge in [-0.2, -0.15) is 8.42 Å². The summed E-state index contributed by atoms with van der Waals surface area (Å²) in [5.74, 6) is 0. The summed E-state index contributed by atoms with van der Waals surface area (Å²) in [4.78, 5) is 0. The van der Waals surface area contributed by atoms with Crippen LogP contribution in [0.15, 0.2) is 36.4 Å². The number of hydrogen-bond donors (Lipinski definition) is 2. The molecule has 102 valence electrons. The Morgan fingerprint density at radius 1 is 1.11 bits per heavy atom. The second-order valence-electron chi connectivity index (χ2n) is 3.11. The summed E-state index contributed by atoms with van der Waals surface area (Å²) in [5.41, 5.74) is 0. The molecule has 1 unspecified atom stereocenters. The van der Waals surface area contributed by atoms with Gasteiger partial charge in [-0.15, -0.1) is 0 Å². The summed E-state index contributed by atoms with van der Waals surface area (Å²) < 4.78 is 37.2. The zero-order valence-corrected chi connectivity index (χ0v) is 13.6. The van der Waals surface area contributed by atoms with Crippen LogP contribution in [0, 0.1) is 0 Å². The van der Waals surface area contributed by atoms with Crippen molar-refractivity contribution in [2.45, 2.75) is 17.2 Å².